The van der Waals surface area contributed by atoms with Crippen molar-refractivity contribution in [2.45, 2.75) is 25.7 Å². The number of allylic oxidation sites excluding steroid dienone is 1. The van der Waals surface area contributed by atoms with E-state index in [-0.39, 0.29) is 11.8 Å². The topological polar surface area (TPSA) is 71.1 Å². The van der Waals surface area contributed by atoms with Crippen LogP contribution >= 0.6 is 0 Å². The molecule has 5 nitrogen and oxygen atoms in total. The average Bonchev–Trinajstić information content (AvgIpc) is 3.08. The van der Waals surface area contributed by atoms with Gasteiger partial charge in [0.2, 0.25) is 5.91 Å². The first-order valence-corrected chi connectivity index (χ1v) is 8.02. The van der Waals surface area contributed by atoms with Gasteiger partial charge in [-0.05, 0) is 56.0 Å². The fourth-order valence-corrected chi connectivity index (χ4v) is 2.71. The molecule has 1 fully saturated rings. The van der Waals surface area contributed by atoms with Crippen LogP contribution in [0.1, 0.15) is 36.0 Å². The maximum absolute atomic E-state index is 12.1. The Kier molecular flexibility index (Phi) is 5.01. The van der Waals surface area contributed by atoms with Crippen molar-refractivity contribution in [3.63, 3.8) is 0 Å². The number of aromatic nitrogens is 1. The van der Waals surface area contributed by atoms with E-state index in [0.29, 0.717) is 16.9 Å². The molecule has 0 aliphatic heterocycles. The van der Waals surface area contributed by atoms with E-state index in [1.165, 1.54) is 11.8 Å². The Morgan fingerprint density at radius 2 is 1.75 bits per heavy atom. The van der Waals surface area contributed by atoms with Crippen LogP contribution < -0.4 is 10.6 Å². The molecule has 1 aliphatic carbocycles. The number of nitrogens with zero attached hydrogens (tertiary/aromatic N) is 1. The lowest BCUT2D eigenvalue weighted by molar-refractivity contribution is -0.112. The van der Waals surface area contributed by atoms with Gasteiger partial charge in [0.1, 0.15) is 0 Å². The van der Waals surface area contributed by atoms with E-state index >= 15 is 0 Å². The van der Waals surface area contributed by atoms with Gasteiger partial charge in [0.25, 0.3) is 5.91 Å². The molecule has 1 heterocycles. The summed E-state index contributed by atoms with van der Waals surface area (Å²) in [5, 5.41) is 5.64. The van der Waals surface area contributed by atoms with Crippen LogP contribution in [-0.4, -0.2) is 16.8 Å². The first-order valence-electron chi connectivity index (χ1n) is 8.02. The fraction of sp³-hybridized carbons (Fsp3) is 0.211. The largest absolute Gasteiger partial charge is 0.322 e. The molecule has 2 aromatic rings. The van der Waals surface area contributed by atoms with Gasteiger partial charge in [-0.25, -0.2) is 0 Å². The number of carbonyl (C=O) groups excluding carboxylic acids is 2. The Labute approximate surface area is 140 Å². The molecule has 1 aliphatic rings. The highest BCUT2D eigenvalue weighted by molar-refractivity contribution is 6.05. The fourth-order valence-electron chi connectivity index (χ4n) is 2.71. The van der Waals surface area contributed by atoms with E-state index in [2.05, 4.69) is 15.6 Å². The molecular formula is C19H19N3O2. The van der Waals surface area contributed by atoms with Gasteiger partial charge in [-0.15, -0.1) is 0 Å². The molecular weight excluding hydrogens is 302 g/mol. The van der Waals surface area contributed by atoms with Crippen molar-refractivity contribution in [1.29, 1.82) is 0 Å². The summed E-state index contributed by atoms with van der Waals surface area (Å²) in [6, 6.07) is 10.5. The molecule has 24 heavy (non-hydrogen) atoms. The molecule has 0 bridgehead atoms. The molecule has 2 amide bonds. The van der Waals surface area contributed by atoms with Crippen LogP contribution in [0.25, 0.3) is 0 Å². The Bertz CT molecular complexity index is 761. The smallest absolute Gasteiger partial charge is 0.257 e. The molecule has 0 spiro atoms. The molecule has 0 atom stereocenters. The zero-order valence-electron chi connectivity index (χ0n) is 13.3. The number of rotatable bonds is 4. The second kappa shape index (κ2) is 7.55. The van der Waals surface area contributed by atoms with E-state index in [0.717, 1.165) is 25.7 Å². The second-order valence-electron chi connectivity index (χ2n) is 5.78. The molecule has 122 valence electrons. The minimum absolute atomic E-state index is 0.123. The second-order valence-corrected chi connectivity index (χ2v) is 5.78. The minimum atomic E-state index is -0.236. The number of carbonyl (C=O) groups is 2. The Morgan fingerprint density at radius 1 is 1.00 bits per heavy atom. The van der Waals surface area contributed by atoms with Crippen LogP contribution in [-0.2, 0) is 4.79 Å². The molecule has 1 saturated carbocycles. The van der Waals surface area contributed by atoms with Crippen molar-refractivity contribution in [3.8, 4) is 0 Å². The van der Waals surface area contributed by atoms with Gasteiger partial charge in [-0.3, -0.25) is 14.6 Å². The summed E-state index contributed by atoms with van der Waals surface area (Å²) in [6.45, 7) is 0. The summed E-state index contributed by atoms with van der Waals surface area (Å²) in [7, 11) is 0. The lowest BCUT2D eigenvalue weighted by Gasteiger charge is -2.08. The summed E-state index contributed by atoms with van der Waals surface area (Å²) >= 11 is 0. The van der Waals surface area contributed by atoms with Crippen LogP contribution in [0.5, 0.6) is 0 Å². The summed E-state index contributed by atoms with van der Waals surface area (Å²) < 4.78 is 0. The quantitative estimate of drug-likeness (QED) is 0.842. The number of nitrogens with one attached hydrogen (secondary N) is 2. The van der Waals surface area contributed by atoms with Crippen molar-refractivity contribution in [2.24, 2.45) is 0 Å². The molecule has 5 heteroatoms. The van der Waals surface area contributed by atoms with Crippen LogP contribution in [0.2, 0.25) is 0 Å². The summed E-state index contributed by atoms with van der Waals surface area (Å²) in [5.41, 5.74) is 2.96. The molecule has 1 aromatic heterocycles. The zero-order valence-corrected chi connectivity index (χ0v) is 13.3. The van der Waals surface area contributed by atoms with Crippen LogP contribution in [0.4, 0.5) is 11.4 Å². The average molecular weight is 321 g/mol. The van der Waals surface area contributed by atoms with Crippen molar-refractivity contribution in [2.75, 3.05) is 10.6 Å². The molecule has 3 rings (SSSR count). The Morgan fingerprint density at radius 3 is 2.46 bits per heavy atom. The van der Waals surface area contributed by atoms with E-state index in [1.54, 1.807) is 48.7 Å². The van der Waals surface area contributed by atoms with Gasteiger partial charge in [0.05, 0.1) is 5.56 Å². The highest BCUT2D eigenvalue weighted by Gasteiger charge is 2.09. The Balaban J connectivity index is 1.64. The highest BCUT2D eigenvalue weighted by Crippen LogP contribution is 2.23. The van der Waals surface area contributed by atoms with Crippen molar-refractivity contribution < 1.29 is 9.59 Å². The molecule has 2 N–H and O–H groups in total. The van der Waals surface area contributed by atoms with Crippen LogP contribution in [0.15, 0.2) is 60.4 Å². The number of hydrogen-bond donors (Lipinski definition) is 2. The van der Waals surface area contributed by atoms with Crippen molar-refractivity contribution in [3.05, 3.63) is 66.0 Å². The molecule has 1 aromatic carbocycles. The van der Waals surface area contributed by atoms with Gasteiger partial charge in [-0.1, -0.05) is 11.6 Å². The monoisotopic (exact) mass is 321 g/mol. The van der Waals surface area contributed by atoms with Gasteiger partial charge in [0.15, 0.2) is 0 Å². The number of anilines is 2. The lowest BCUT2D eigenvalue weighted by atomic mass is 10.2. The number of amides is 2. The SMILES string of the molecule is O=C(C=C1CCCC1)Nc1cccc(NC(=O)c2cccnc2)c1. The zero-order chi connectivity index (χ0) is 16.8. The van der Waals surface area contributed by atoms with E-state index in [1.807, 2.05) is 0 Å². The normalized spacial score (nSPS) is 13.4. The maximum atomic E-state index is 12.1. The first kappa shape index (κ1) is 15.9. The van der Waals surface area contributed by atoms with E-state index in [4.69, 9.17) is 0 Å². The summed E-state index contributed by atoms with van der Waals surface area (Å²) in [5.74, 6) is -0.359. The number of pyridine rings is 1. The van der Waals surface area contributed by atoms with Gasteiger partial charge >= 0.3 is 0 Å². The van der Waals surface area contributed by atoms with E-state index in [9.17, 15) is 9.59 Å². The predicted molar refractivity (Wildman–Crippen MR) is 93.8 cm³/mol. The third-order valence-corrected chi connectivity index (χ3v) is 3.89. The number of benzene rings is 1. The summed E-state index contributed by atoms with van der Waals surface area (Å²) in [4.78, 5) is 28.1. The number of hydrogen-bond acceptors (Lipinski definition) is 3. The van der Waals surface area contributed by atoms with E-state index < -0.39 is 0 Å². The highest BCUT2D eigenvalue weighted by atomic mass is 16.2. The van der Waals surface area contributed by atoms with Crippen LogP contribution in [0.3, 0.4) is 0 Å². The minimum Gasteiger partial charge on any atom is -0.322 e. The van der Waals surface area contributed by atoms with Gasteiger partial charge in [-0.2, -0.15) is 0 Å². The lowest BCUT2D eigenvalue weighted by Crippen LogP contribution is -2.13. The van der Waals surface area contributed by atoms with Gasteiger partial charge < -0.3 is 10.6 Å². The van der Waals surface area contributed by atoms with Crippen LogP contribution in [0, 0.1) is 0 Å². The predicted octanol–water partition coefficient (Wildman–Crippen LogP) is 3.77. The maximum Gasteiger partial charge on any atom is 0.257 e. The van der Waals surface area contributed by atoms with Gasteiger partial charge in [0, 0.05) is 29.8 Å². The first-order chi connectivity index (χ1) is 11.7. The third kappa shape index (κ3) is 4.29. The molecule has 0 unspecified atom stereocenters. The standard InChI is InChI=1S/C19H19N3O2/c23-18(11-14-5-1-2-6-14)21-16-8-3-9-17(12-16)22-19(24)15-7-4-10-20-13-15/h3-4,7-13H,1-2,5-6H2,(H,21,23)(H,22,24). The Hall–Kier alpha value is -2.95. The summed E-state index contributed by atoms with van der Waals surface area (Å²) in [6.07, 6.45) is 9.15. The molecule has 0 radical (unpaired) electrons. The van der Waals surface area contributed by atoms with Crippen molar-refractivity contribution in [1.82, 2.24) is 4.98 Å². The van der Waals surface area contributed by atoms with Crippen molar-refractivity contribution >= 4 is 23.2 Å². The third-order valence-electron chi connectivity index (χ3n) is 3.89. The molecule has 0 saturated heterocycles.